The number of nitrogens with one attached hydrogen (secondary N) is 1. The highest BCUT2D eigenvalue weighted by Gasteiger charge is 2.10. The molecule has 0 aliphatic rings. The molecule has 1 N–H and O–H groups in total. The third-order valence-corrected chi connectivity index (χ3v) is 2.70. The molecule has 0 aliphatic carbocycles. The summed E-state index contributed by atoms with van der Waals surface area (Å²) < 4.78 is 10.2. The van der Waals surface area contributed by atoms with Crippen molar-refractivity contribution in [3.8, 4) is 17.4 Å². The van der Waals surface area contributed by atoms with E-state index in [4.69, 9.17) is 14.5 Å². The van der Waals surface area contributed by atoms with Crippen molar-refractivity contribution in [2.24, 2.45) is 0 Å². The standard InChI is InChI=1S/C14H15N3O2/c1-18-6-5-16-9-13-10-17-19-14(13)12-4-2-3-11(7-12)8-15/h2-4,7,10,16H,5-6,9H2,1H3. The van der Waals surface area contributed by atoms with Crippen LogP contribution in [0.15, 0.2) is 35.0 Å². The lowest BCUT2D eigenvalue weighted by atomic mass is 10.1. The number of aromatic nitrogens is 1. The average molecular weight is 257 g/mol. The zero-order chi connectivity index (χ0) is 13.5. The SMILES string of the molecule is COCCNCc1cnoc1-c1cccc(C#N)c1. The summed E-state index contributed by atoms with van der Waals surface area (Å²) in [5.41, 5.74) is 2.43. The number of ether oxygens (including phenoxy) is 1. The Bertz CT molecular complexity index is 572. The van der Waals surface area contributed by atoms with Crippen LogP contribution in [-0.4, -0.2) is 25.4 Å². The summed E-state index contributed by atoms with van der Waals surface area (Å²) >= 11 is 0. The van der Waals surface area contributed by atoms with Crippen LogP contribution in [0.1, 0.15) is 11.1 Å². The highest BCUT2D eigenvalue weighted by Crippen LogP contribution is 2.24. The van der Waals surface area contributed by atoms with Gasteiger partial charge in [0.25, 0.3) is 0 Å². The van der Waals surface area contributed by atoms with Gasteiger partial charge in [0.2, 0.25) is 0 Å². The first-order valence-corrected chi connectivity index (χ1v) is 5.99. The largest absolute Gasteiger partial charge is 0.383 e. The first kappa shape index (κ1) is 13.3. The number of rotatable bonds is 6. The van der Waals surface area contributed by atoms with Crippen molar-refractivity contribution < 1.29 is 9.26 Å². The Morgan fingerprint density at radius 1 is 1.47 bits per heavy atom. The number of nitriles is 1. The molecule has 5 heteroatoms. The van der Waals surface area contributed by atoms with Crippen molar-refractivity contribution in [3.63, 3.8) is 0 Å². The van der Waals surface area contributed by atoms with Crippen LogP contribution in [0.4, 0.5) is 0 Å². The number of hydrogen-bond donors (Lipinski definition) is 1. The number of hydrogen-bond acceptors (Lipinski definition) is 5. The van der Waals surface area contributed by atoms with E-state index in [1.54, 1.807) is 25.4 Å². The molecule has 5 nitrogen and oxygen atoms in total. The normalized spacial score (nSPS) is 10.3. The molecule has 0 saturated heterocycles. The minimum Gasteiger partial charge on any atom is -0.383 e. The summed E-state index contributed by atoms with van der Waals surface area (Å²) in [6.45, 7) is 2.07. The van der Waals surface area contributed by atoms with E-state index in [0.29, 0.717) is 24.5 Å². The summed E-state index contributed by atoms with van der Waals surface area (Å²) in [5.74, 6) is 0.696. The van der Waals surface area contributed by atoms with Gasteiger partial charge in [-0.2, -0.15) is 5.26 Å². The van der Waals surface area contributed by atoms with Crippen molar-refractivity contribution in [1.29, 1.82) is 5.26 Å². The van der Waals surface area contributed by atoms with E-state index in [2.05, 4.69) is 16.5 Å². The lowest BCUT2D eigenvalue weighted by Crippen LogP contribution is -2.18. The molecule has 0 radical (unpaired) electrons. The Morgan fingerprint density at radius 3 is 3.16 bits per heavy atom. The van der Waals surface area contributed by atoms with Crippen LogP contribution in [0.25, 0.3) is 11.3 Å². The first-order valence-electron chi connectivity index (χ1n) is 5.99. The van der Waals surface area contributed by atoms with Crippen LogP contribution in [-0.2, 0) is 11.3 Å². The van der Waals surface area contributed by atoms with Crippen LogP contribution in [0.3, 0.4) is 0 Å². The molecule has 2 rings (SSSR count). The smallest absolute Gasteiger partial charge is 0.171 e. The molecule has 0 saturated carbocycles. The van der Waals surface area contributed by atoms with Gasteiger partial charge in [-0.15, -0.1) is 0 Å². The molecule has 0 atom stereocenters. The molecule has 1 heterocycles. The maximum Gasteiger partial charge on any atom is 0.171 e. The Balaban J connectivity index is 2.12. The van der Waals surface area contributed by atoms with Crippen LogP contribution in [0.2, 0.25) is 0 Å². The zero-order valence-corrected chi connectivity index (χ0v) is 10.7. The molecule has 0 aliphatic heterocycles. The van der Waals surface area contributed by atoms with Gasteiger partial charge in [-0.05, 0) is 12.1 Å². The molecule has 19 heavy (non-hydrogen) atoms. The first-order chi connectivity index (χ1) is 9.35. The molecule has 0 amide bonds. The predicted octanol–water partition coefficient (Wildman–Crippen LogP) is 1.95. The highest BCUT2D eigenvalue weighted by atomic mass is 16.5. The van der Waals surface area contributed by atoms with Crippen molar-refractivity contribution in [2.45, 2.75) is 6.54 Å². The van der Waals surface area contributed by atoms with E-state index < -0.39 is 0 Å². The third kappa shape index (κ3) is 3.41. The quantitative estimate of drug-likeness (QED) is 0.801. The fraction of sp³-hybridized carbons (Fsp3) is 0.286. The summed E-state index contributed by atoms with van der Waals surface area (Å²) in [6.07, 6.45) is 1.69. The van der Waals surface area contributed by atoms with E-state index in [-0.39, 0.29) is 0 Å². The third-order valence-electron chi connectivity index (χ3n) is 2.70. The molecular formula is C14H15N3O2. The number of methoxy groups -OCH3 is 1. The summed E-state index contributed by atoms with van der Waals surface area (Å²) in [6, 6.07) is 9.40. The van der Waals surface area contributed by atoms with Gasteiger partial charge in [0, 0.05) is 31.3 Å². The van der Waals surface area contributed by atoms with E-state index in [1.165, 1.54) is 0 Å². The second kappa shape index (κ2) is 6.69. The maximum absolute atomic E-state index is 8.91. The minimum absolute atomic E-state index is 0.604. The molecule has 2 aromatic rings. The van der Waals surface area contributed by atoms with Crippen molar-refractivity contribution in [1.82, 2.24) is 10.5 Å². The van der Waals surface area contributed by atoms with E-state index in [1.807, 2.05) is 12.1 Å². The Morgan fingerprint density at radius 2 is 2.37 bits per heavy atom. The second-order valence-electron chi connectivity index (χ2n) is 4.04. The van der Waals surface area contributed by atoms with Crippen molar-refractivity contribution in [2.75, 3.05) is 20.3 Å². The summed E-state index contributed by atoms with van der Waals surface area (Å²) in [5, 5.41) is 16.0. The lowest BCUT2D eigenvalue weighted by Gasteiger charge is -2.04. The molecule has 0 spiro atoms. The summed E-state index contributed by atoms with van der Waals surface area (Å²) in [4.78, 5) is 0. The molecule has 0 unspecified atom stereocenters. The number of benzene rings is 1. The molecule has 0 bridgehead atoms. The van der Waals surface area contributed by atoms with Gasteiger partial charge in [-0.25, -0.2) is 0 Å². The predicted molar refractivity (Wildman–Crippen MR) is 70.2 cm³/mol. The lowest BCUT2D eigenvalue weighted by molar-refractivity contribution is 0.199. The second-order valence-corrected chi connectivity index (χ2v) is 4.04. The fourth-order valence-electron chi connectivity index (χ4n) is 1.75. The number of nitrogens with zero attached hydrogens (tertiary/aromatic N) is 2. The Hall–Kier alpha value is -2.16. The topological polar surface area (TPSA) is 71.1 Å². The average Bonchev–Trinajstić information content (AvgIpc) is 2.92. The van der Waals surface area contributed by atoms with Crippen molar-refractivity contribution >= 4 is 0 Å². The van der Waals surface area contributed by atoms with Gasteiger partial charge in [-0.1, -0.05) is 17.3 Å². The van der Waals surface area contributed by atoms with Gasteiger partial charge in [0.15, 0.2) is 5.76 Å². The molecule has 0 fully saturated rings. The van der Waals surface area contributed by atoms with Crippen molar-refractivity contribution in [3.05, 3.63) is 41.6 Å². The molecule has 1 aromatic carbocycles. The van der Waals surface area contributed by atoms with Crippen LogP contribution < -0.4 is 5.32 Å². The van der Waals surface area contributed by atoms with E-state index in [9.17, 15) is 0 Å². The molecule has 98 valence electrons. The molecular weight excluding hydrogens is 242 g/mol. The van der Waals surface area contributed by atoms with Crippen LogP contribution in [0, 0.1) is 11.3 Å². The van der Waals surface area contributed by atoms with Gasteiger partial charge < -0.3 is 14.6 Å². The fourth-order valence-corrected chi connectivity index (χ4v) is 1.75. The Kier molecular flexibility index (Phi) is 4.67. The van der Waals surface area contributed by atoms with Gasteiger partial charge in [-0.3, -0.25) is 0 Å². The highest BCUT2D eigenvalue weighted by molar-refractivity contribution is 5.62. The van der Waals surface area contributed by atoms with E-state index in [0.717, 1.165) is 17.7 Å². The van der Waals surface area contributed by atoms with E-state index >= 15 is 0 Å². The Labute approximate surface area is 111 Å². The minimum atomic E-state index is 0.604. The van der Waals surface area contributed by atoms with Gasteiger partial charge in [0.05, 0.1) is 24.4 Å². The van der Waals surface area contributed by atoms with Gasteiger partial charge >= 0.3 is 0 Å². The van der Waals surface area contributed by atoms with Gasteiger partial charge in [0.1, 0.15) is 0 Å². The van der Waals surface area contributed by atoms with Crippen LogP contribution >= 0.6 is 0 Å². The summed E-state index contributed by atoms with van der Waals surface area (Å²) in [7, 11) is 1.67. The van der Waals surface area contributed by atoms with Crippen LogP contribution in [0.5, 0.6) is 0 Å². The zero-order valence-electron chi connectivity index (χ0n) is 10.7. The maximum atomic E-state index is 8.91. The molecule has 1 aromatic heterocycles. The monoisotopic (exact) mass is 257 g/mol.